The van der Waals surface area contributed by atoms with Crippen LogP contribution in [0.1, 0.15) is 30.5 Å². The number of aryl methyl sites for hydroxylation is 1. The number of halogens is 1. The maximum absolute atomic E-state index is 13.6. The molecule has 3 aromatic rings. The Morgan fingerprint density at radius 2 is 2.29 bits per heavy atom. The zero-order valence-corrected chi connectivity index (χ0v) is 13.2. The van der Waals surface area contributed by atoms with Gasteiger partial charge in [-0.3, -0.25) is 0 Å². The average molecular weight is 328 g/mol. The van der Waals surface area contributed by atoms with Crippen LogP contribution in [-0.4, -0.2) is 31.8 Å². The lowest BCUT2D eigenvalue weighted by molar-refractivity contribution is 0.177. The second kappa shape index (κ2) is 6.12. The molecule has 1 atom stereocenters. The highest BCUT2D eigenvalue weighted by Crippen LogP contribution is 2.29. The standard InChI is InChI=1S/C16H17FN6O/c1-24-8-14-21-16-13(3-2-6-23(16)22-14)20-15-11-7-10(17)4-5-12(11)18-9-19-15/h4-5,7,9,13H,2-3,6,8H2,1H3,(H,18,19,20). The van der Waals surface area contributed by atoms with Crippen molar-refractivity contribution in [3.05, 3.63) is 42.0 Å². The van der Waals surface area contributed by atoms with Gasteiger partial charge < -0.3 is 10.1 Å². The maximum atomic E-state index is 13.6. The Morgan fingerprint density at radius 1 is 1.38 bits per heavy atom. The molecule has 1 unspecified atom stereocenters. The monoisotopic (exact) mass is 328 g/mol. The molecule has 0 bridgehead atoms. The minimum Gasteiger partial charge on any atom is -0.377 e. The van der Waals surface area contributed by atoms with Gasteiger partial charge in [0.25, 0.3) is 0 Å². The van der Waals surface area contributed by atoms with E-state index in [1.807, 2.05) is 4.68 Å². The molecule has 1 N–H and O–H groups in total. The zero-order valence-electron chi connectivity index (χ0n) is 13.2. The van der Waals surface area contributed by atoms with Gasteiger partial charge in [-0.2, -0.15) is 5.10 Å². The van der Waals surface area contributed by atoms with Crippen molar-refractivity contribution >= 4 is 16.7 Å². The van der Waals surface area contributed by atoms with E-state index in [-0.39, 0.29) is 11.9 Å². The Hall–Kier alpha value is -2.61. The fraction of sp³-hybridized carbons (Fsp3) is 0.375. The third kappa shape index (κ3) is 2.69. The van der Waals surface area contributed by atoms with Crippen LogP contribution in [0.4, 0.5) is 10.2 Å². The summed E-state index contributed by atoms with van der Waals surface area (Å²) >= 11 is 0. The third-order valence-corrected chi connectivity index (χ3v) is 4.10. The van der Waals surface area contributed by atoms with Gasteiger partial charge in [0, 0.05) is 19.0 Å². The van der Waals surface area contributed by atoms with Crippen molar-refractivity contribution in [2.45, 2.75) is 32.0 Å². The quantitative estimate of drug-likeness (QED) is 0.793. The van der Waals surface area contributed by atoms with Gasteiger partial charge in [0.1, 0.15) is 30.4 Å². The van der Waals surface area contributed by atoms with Gasteiger partial charge >= 0.3 is 0 Å². The van der Waals surface area contributed by atoms with E-state index in [0.29, 0.717) is 29.2 Å². The van der Waals surface area contributed by atoms with Crippen LogP contribution in [0.3, 0.4) is 0 Å². The molecule has 8 heteroatoms. The van der Waals surface area contributed by atoms with E-state index in [9.17, 15) is 4.39 Å². The molecule has 0 aliphatic carbocycles. The second-order valence-electron chi connectivity index (χ2n) is 5.77. The molecule has 7 nitrogen and oxygen atoms in total. The predicted molar refractivity (Wildman–Crippen MR) is 85.8 cm³/mol. The molecule has 0 saturated carbocycles. The minimum absolute atomic E-state index is 0.0294. The van der Waals surface area contributed by atoms with E-state index in [1.165, 1.54) is 18.5 Å². The molecule has 4 rings (SSSR count). The summed E-state index contributed by atoms with van der Waals surface area (Å²) in [4.78, 5) is 13.0. The van der Waals surface area contributed by atoms with Crippen molar-refractivity contribution in [3.63, 3.8) is 0 Å². The van der Waals surface area contributed by atoms with Crippen LogP contribution in [0.15, 0.2) is 24.5 Å². The van der Waals surface area contributed by atoms with Gasteiger partial charge in [-0.1, -0.05) is 0 Å². The van der Waals surface area contributed by atoms with Gasteiger partial charge in [-0.15, -0.1) is 0 Å². The van der Waals surface area contributed by atoms with E-state index in [1.54, 1.807) is 13.2 Å². The molecule has 1 aliphatic heterocycles. The van der Waals surface area contributed by atoms with Crippen molar-refractivity contribution in [2.75, 3.05) is 12.4 Å². The molecule has 24 heavy (non-hydrogen) atoms. The first-order valence-electron chi connectivity index (χ1n) is 7.84. The summed E-state index contributed by atoms with van der Waals surface area (Å²) in [5, 5.41) is 8.50. The van der Waals surface area contributed by atoms with Gasteiger partial charge in [0.2, 0.25) is 0 Å². The van der Waals surface area contributed by atoms with Crippen LogP contribution in [-0.2, 0) is 17.9 Å². The third-order valence-electron chi connectivity index (χ3n) is 4.10. The number of aromatic nitrogens is 5. The fourth-order valence-corrected chi connectivity index (χ4v) is 3.04. The Labute approximate surface area is 137 Å². The lowest BCUT2D eigenvalue weighted by atomic mass is 10.1. The Bertz CT molecular complexity index is 880. The van der Waals surface area contributed by atoms with Crippen molar-refractivity contribution in [1.82, 2.24) is 24.7 Å². The molecule has 1 aliphatic rings. The molecule has 2 aromatic heterocycles. The van der Waals surface area contributed by atoms with Crippen LogP contribution >= 0.6 is 0 Å². The van der Waals surface area contributed by atoms with Crippen LogP contribution in [0.25, 0.3) is 10.9 Å². The van der Waals surface area contributed by atoms with E-state index in [4.69, 9.17) is 4.74 Å². The number of methoxy groups -OCH3 is 1. The van der Waals surface area contributed by atoms with Crippen LogP contribution < -0.4 is 5.32 Å². The van der Waals surface area contributed by atoms with Gasteiger partial charge in [0.15, 0.2) is 5.82 Å². The number of ether oxygens (including phenoxy) is 1. The summed E-state index contributed by atoms with van der Waals surface area (Å²) in [6.45, 7) is 1.22. The summed E-state index contributed by atoms with van der Waals surface area (Å²) in [6.07, 6.45) is 3.37. The summed E-state index contributed by atoms with van der Waals surface area (Å²) < 4.78 is 20.6. The normalized spacial score (nSPS) is 17.0. The van der Waals surface area contributed by atoms with E-state index in [0.717, 1.165) is 25.2 Å². The molecule has 0 spiro atoms. The van der Waals surface area contributed by atoms with E-state index < -0.39 is 0 Å². The smallest absolute Gasteiger partial charge is 0.176 e. The number of fused-ring (bicyclic) bond motifs is 2. The summed E-state index contributed by atoms with van der Waals surface area (Å²) in [5.74, 6) is 1.82. The first kappa shape index (κ1) is 14.9. The largest absolute Gasteiger partial charge is 0.377 e. The Balaban J connectivity index is 1.69. The van der Waals surface area contributed by atoms with Crippen molar-refractivity contribution in [3.8, 4) is 0 Å². The Morgan fingerprint density at radius 3 is 3.17 bits per heavy atom. The summed E-state index contributed by atoms with van der Waals surface area (Å²) in [6, 6.07) is 4.46. The zero-order chi connectivity index (χ0) is 16.5. The number of nitrogens with one attached hydrogen (secondary N) is 1. The lowest BCUT2D eigenvalue weighted by Gasteiger charge is -2.24. The minimum atomic E-state index is -0.311. The highest BCUT2D eigenvalue weighted by atomic mass is 19.1. The van der Waals surface area contributed by atoms with Gasteiger partial charge in [-0.05, 0) is 31.0 Å². The fourth-order valence-electron chi connectivity index (χ4n) is 3.04. The van der Waals surface area contributed by atoms with Crippen molar-refractivity contribution in [2.24, 2.45) is 0 Å². The number of hydrogen-bond donors (Lipinski definition) is 1. The molecule has 1 aromatic carbocycles. The number of nitrogens with zero attached hydrogens (tertiary/aromatic N) is 5. The van der Waals surface area contributed by atoms with E-state index >= 15 is 0 Å². The molecule has 3 heterocycles. The highest BCUT2D eigenvalue weighted by Gasteiger charge is 2.25. The molecule has 0 saturated heterocycles. The number of rotatable bonds is 4. The number of benzene rings is 1. The SMILES string of the molecule is COCc1nc2n(n1)CCCC2Nc1ncnc2ccc(F)cc12. The highest BCUT2D eigenvalue weighted by molar-refractivity contribution is 5.88. The topological polar surface area (TPSA) is 77.8 Å². The molecule has 0 amide bonds. The number of anilines is 1. The molecule has 0 fully saturated rings. The summed E-state index contributed by atoms with van der Waals surface area (Å²) in [5.41, 5.74) is 0.700. The lowest BCUT2D eigenvalue weighted by Crippen LogP contribution is -2.23. The van der Waals surface area contributed by atoms with E-state index in [2.05, 4.69) is 25.4 Å². The second-order valence-corrected chi connectivity index (χ2v) is 5.77. The first-order chi connectivity index (χ1) is 11.7. The molecular weight excluding hydrogens is 311 g/mol. The van der Waals surface area contributed by atoms with Crippen LogP contribution in [0.5, 0.6) is 0 Å². The molecular formula is C16H17FN6O. The molecule has 124 valence electrons. The maximum Gasteiger partial charge on any atom is 0.176 e. The Kier molecular flexibility index (Phi) is 3.81. The van der Waals surface area contributed by atoms with Gasteiger partial charge in [-0.25, -0.2) is 24.0 Å². The predicted octanol–water partition coefficient (Wildman–Crippen LogP) is 2.45. The average Bonchev–Trinajstić information content (AvgIpc) is 2.99. The molecule has 0 radical (unpaired) electrons. The van der Waals surface area contributed by atoms with Gasteiger partial charge in [0.05, 0.1) is 11.6 Å². The number of hydrogen-bond acceptors (Lipinski definition) is 6. The first-order valence-corrected chi connectivity index (χ1v) is 7.84. The van der Waals surface area contributed by atoms with Crippen molar-refractivity contribution < 1.29 is 9.13 Å². The van der Waals surface area contributed by atoms with Crippen molar-refractivity contribution in [1.29, 1.82) is 0 Å². The van der Waals surface area contributed by atoms with Crippen LogP contribution in [0, 0.1) is 5.82 Å². The van der Waals surface area contributed by atoms with Crippen LogP contribution in [0.2, 0.25) is 0 Å². The summed E-state index contributed by atoms with van der Waals surface area (Å²) in [7, 11) is 1.62.